The quantitative estimate of drug-likeness (QED) is 0.851. The van der Waals surface area contributed by atoms with Crippen molar-refractivity contribution >= 4 is 0 Å². The number of aromatic nitrogens is 2. The fourth-order valence-corrected chi connectivity index (χ4v) is 6.48. The Hall–Kier alpha value is -1.16. The van der Waals surface area contributed by atoms with Gasteiger partial charge in [0.25, 0.3) is 5.56 Å². The number of hydrogen-bond acceptors (Lipinski definition) is 3. The van der Waals surface area contributed by atoms with Crippen LogP contribution in [0.1, 0.15) is 81.3 Å². The van der Waals surface area contributed by atoms with E-state index >= 15 is 0 Å². The molecule has 0 unspecified atom stereocenters. The average Bonchev–Trinajstić information content (AvgIpc) is 2.93. The number of piperidine rings is 1. The zero-order valence-electron chi connectivity index (χ0n) is 15.6. The molecule has 2 saturated carbocycles. The van der Waals surface area contributed by atoms with E-state index in [0.717, 1.165) is 41.4 Å². The van der Waals surface area contributed by atoms with Crippen LogP contribution < -0.4 is 5.56 Å². The van der Waals surface area contributed by atoms with Crippen molar-refractivity contribution in [1.82, 2.24) is 14.9 Å². The lowest BCUT2D eigenvalue weighted by Gasteiger charge is -2.56. The topological polar surface area (TPSA) is 49.0 Å². The van der Waals surface area contributed by atoms with Crippen LogP contribution in [0.25, 0.3) is 0 Å². The van der Waals surface area contributed by atoms with Crippen LogP contribution in [0, 0.1) is 12.3 Å². The van der Waals surface area contributed by atoms with Gasteiger partial charge < -0.3 is 9.88 Å². The van der Waals surface area contributed by atoms with E-state index in [2.05, 4.69) is 9.88 Å². The lowest BCUT2D eigenvalue weighted by atomic mass is 9.57. The van der Waals surface area contributed by atoms with E-state index in [9.17, 15) is 4.79 Å². The first-order chi connectivity index (χ1) is 12.1. The molecule has 2 heterocycles. The average molecular weight is 341 g/mol. The molecule has 0 amide bonds. The molecule has 4 heteroatoms. The molecule has 0 atom stereocenters. The number of nitrogens with zero attached hydrogens (tertiary/aromatic N) is 2. The van der Waals surface area contributed by atoms with Crippen LogP contribution in [0.2, 0.25) is 0 Å². The fourth-order valence-electron chi connectivity index (χ4n) is 6.48. The number of nitrogens with one attached hydrogen (secondary N) is 1. The maximum atomic E-state index is 12.3. The second-order valence-electron chi connectivity index (χ2n) is 9.42. The molecule has 136 valence electrons. The van der Waals surface area contributed by atoms with Crippen LogP contribution >= 0.6 is 0 Å². The van der Waals surface area contributed by atoms with Gasteiger partial charge in [-0.1, -0.05) is 19.3 Å². The van der Waals surface area contributed by atoms with Gasteiger partial charge in [-0.15, -0.1) is 0 Å². The smallest absolute Gasteiger partial charge is 0.254 e. The molecule has 4 aliphatic rings. The third-order valence-electron chi connectivity index (χ3n) is 8.01. The van der Waals surface area contributed by atoms with Gasteiger partial charge in [0.05, 0.1) is 5.69 Å². The maximum Gasteiger partial charge on any atom is 0.254 e. The number of aryl methyl sites for hydroxylation is 1. The summed E-state index contributed by atoms with van der Waals surface area (Å²) in [4.78, 5) is 22.7. The molecule has 1 aromatic rings. The fraction of sp³-hybridized carbons (Fsp3) is 0.810. The highest BCUT2D eigenvalue weighted by Gasteiger charge is 2.49. The summed E-state index contributed by atoms with van der Waals surface area (Å²) in [5.41, 5.74) is 3.15. The zero-order valence-corrected chi connectivity index (χ0v) is 15.6. The molecule has 5 rings (SSSR count). The summed E-state index contributed by atoms with van der Waals surface area (Å²) in [5, 5.41) is 0. The molecular formula is C21H31N3O. The van der Waals surface area contributed by atoms with Crippen molar-refractivity contribution in [3.63, 3.8) is 0 Å². The van der Waals surface area contributed by atoms with Crippen LogP contribution in [0.5, 0.6) is 0 Å². The largest absolute Gasteiger partial charge is 0.311 e. The maximum absolute atomic E-state index is 12.3. The number of aromatic amines is 1. The monoisotopic (exact) mass is 341 g/mol. The van der Waals surface area contributed by atoms with E-state index in [4.69, 9.17) is 4.98 Å². The molecule has 3 fully saturated rings. The molecule has 2 spiro atoms. The summed E-state index contributed by atoms with van der Waals surface area (Å²) in [5.74, 6) is 0.783. The van der Waals surface area contributed by atoms with Gasteiger partial charge in [-0.25, -0.2) is 4.98 Å². The number of fused-ring (bicyclic) bond motifs is 2. The Morgan fingerprint density at radius 3 is 2.48 bits per heavy atom. The SMILES string of the molecule is Cc1nc2c(c(=O)[nH]1)CCC21CCN(C2CC3(CCCCC3)C2)CC1. The van der Waals surface area contributed by atoms with E-state index in [-0.39, 0.29) is 11.0 Å². The van der Waals surface area contributed by atoms with Crippen LogP contribution in [-0.2, 0) is 11.8 Å². The molecule has 0 aromatic carbocycles. The molecule has 1 saturated heterocycles. The number of rotatable bonds is 1. The molecule has 3 aliphatic carbocycles. The van der Waals surface area contributed by atoms with Crippen LogP contribution in [-0.4, -0.2) is 34.0 Å². The third-order valence-corrected chi connectivity index (χ3v) is 8.01. The highest BCUT2D eigenvalue weighted by molar-refractivity contribution is 5.33. The summed E-state index contributed by atoms with van der Waals surface area (Å²) in [7, 11) is 0. The van der Waals surface area contributed by atoms with Crippen molar-refractivity contribution in [3.8, 4) is 0 Å². The molecule has 0 bridgehead atoms. The number of hydrogen-bond donors (Lipinski definition) is 1. The van der Waals surface area contributed by atoms with E-state index < -0.39 is 0 Å². The summed E-state index contributed by atoms with van der Waals surface area (Å²) in [6.07, 6.45) is 14.7. The Balaban J connectivity index is 1.27. The molecule has 1 N–H and O–H groups in total. The highest BCUT2D eigenvalue weighted by Crippen LogP contribution is 2.54. The molecule has 25 heavy (non-hydrogen) atoms. The van der Waals surface area contributed by atoms with Gasteiger partial charge in [-0.3, -0.25) is 4.79 Å². The minimum absolute atomic E-state index is 0.111. The summed E-state index contributed by atoms with van der Waals surface area (Å²) < 4.78 is 0. The normalized spacial score (nSPS) is 28.2. The Labute approximate surface area is 150 Å². The first kappa shape index (κ1) is 16.0. The van der Waals surface area contributed by atoms with E-state index in [1.165, 1.54) is 70.9 Å². The van der Waals surface area contributed by atoms with Gasteiger partial charge in [-0.05, 0) is 76.8 Å². The molecule has 4 nitrogen and oxygen atoms in total. The van der Waals surface area contributed by atoms with E-state index in [0.29, 0.717) is 0 Å². The van der Waals surface area contributed by atoms with Gasteiger partial charge in [0, 0.05) is 17.0 Å². The van der Waals surface area contributed by atoms with Gasteiger partial charge >= 0.3 is 0 Å². The summed E-state index contributed by atoms with van der Waals surface area (Å²) in [6, 6.07) is 0.838. The van der Waals surface area contributed by atoms with E-state index in [1.807, 2.05) is 6.92 Å². The second kappa shape index (κ2) is 5.67. The van der Waals surface area contributed by atoms with Crippen LogP contribution in [0.15, 0.2) is 4.79 Å². The van der Waals surface area contributed by atoms with Crippen molar-refractivity contribution in [2.24, 2.45) is 5.41 Å². The van der Waals surface area contributed by atoms with Crippen LogP contribution in [0.4, 0.5) is 0 Å². The molecule has 1 aliphatic heterocycles. The molecule has 0 radical (unpaired) electrons. The van der Waals surface area contributed by atoms with Crippen LogP contribution in [0.3, 0.4) is 0 Å². The minimum Gasteiger partial charge on any atom is -0.311 e. The summed E-state index contributed by atoms with van der Waals surface area (Å²) >= 11 is 0. The van der Waals surface area contributed by atoms with Crippen molar-refractivity contribution in [2.75, 3.05) is 13.1 Å². The Kier molecular flexibility index (Phi) is 3.64. The standard InChI is InChI=1S/C21H31N3O/c1-15-22-18-17(19(25)23-15)5-8-21(18)9-11-24(12-10-21)16-13-20(14-16)6-3-2-4-7-20/h16H,2-14H2,1H3,(H,22,23,25). The van der Waals surface area contributed by atoms with E-state index in [1.54, 1.807) is 0 Å². The number of likely N-dealkylation sites (tertiary alicyclic amines) is 1. The Morgan fingerprint density at radius 1 is 1.04 bits per heavy atom. The van der Waals surface area contributed by atoms with Crippen molar-refractivity contribution in [1.29, 1.82) is 0 Å². The lowest BCUT2D eigenvalue weighted by Crippen LogP contribution is -2.55. The highest BCUT2D eigenvalue weighted by atomic mass is 16.1. The van der Waals surface area contributed by atoms with Gasteiger partial charge in [0.15, 0.2) is 0 Å². The van der Waals surface area contributed by atoms with Crippen molar-refractivity contribution < 1.29 is 0 Å². The third kappa shape index (κ3) is 2.51. The van der Waals surface area contributed by atoms with Crippen molar-refractivity contribution in [2.45, 2.75) is 89.0 Å². The Morgan fingerprint density at radius 2 is 1.76 bits per heavy atom. The predicted molar refractivity (Wildman–Crippen MR) is 98.9 cm³/mol. The first-order valence-corrected chi connectivity index (χ1v) is 10.4. The van der Waals surface area contributed by atoms with Gasteiger partial charge in [0.2, 0.25) is 0 Å². The molecule has 1 aromatic heterocycles. The number of H-pyrrole nitrogens is 1. The lowest BCUT2D eigenvalue weighted by molar-refractivity contribution is -0.0399. The van der Waals surface area contributed by atoms with Crippen molar-refractivity contribution in [3.05, 3.63) is 27.4 Å². The summed E-state index contributed by atoms with van der Waals surface area (Å²) in [6.45, 7) is 4.32. The second-order valence-corrected chi connectivity index (χ2v) is 9.42. The predicted octanol–water partition coefficient (Wildman–Crippen LogP) is 3.47. The van der Waals surface area contributed by atoms with Gasteiger partial charge in [-0.2, -0.15) is 0 Å². The Bertz CT molecular complexity index is 715. The molecular weight excluding hydrogens is 310 g/mol. The minimum atomic E-state index is 0.111. The zero-order chi connectivity index (χ0) is 17.1. The van der Waals surface area contributed by atoms with Gasteiger partial charge in [0.1, 0.15) is 5.82 Å². The first-order valence-electron chi connectivity index (χ1n) is 10.4.